The maximum atomic E-state index is 13.1. The van der Waals surface area contributed by atoms with Crippen LogP contribution in [-0.2, 0) is 23.9 Å². The van der Waals surface area contributed by atoms with Gasteiger partial charge in [0.05, 0.1) is 14.2 Å². The lowest BCUT2D eigenvalue weighted by Crippen LogP contribution is -2.45. The van der Waals surface area contributed by atoms with E-state index in [2.05, 4.69) is 0 Å². The number of ether oxygens (including phenoxy) is 2. The average molecular weight is 381 g/mol. The largest absolute Gasteiger partial charge is 0.468 e. The number of hydrogen-bond donors (Lipinski definition) is 0. The molecule has 0 aliphatic carbocycles. The normalized spacial score (nSPS) is 21.3. The summed E-state index contributed by atoms with van der Waals surface area (Å²) in [5.74, 6) is -5.29. The Hall–Kier alpha value is -3.48. The minimum Gasteiger partial charge on any atom is -0.468 e. The van der Waals surface area contributed by atoms with Gasteiger partial charge in [0.1, 0.15) is 12.0 Å². The Balaban J connectivity index is 2.15. The fourth-order valence-corrected chi connectivity index (χ4v) is 3.53. The molecule has 1 aliphatic heterocycles. The second-order valence-electron chi connectivity index (χ2n) is 6.28. The molecule has 0 N–H and O–H groups in total. The molecule has 2 aromatic carbocycles. The molecule has 2 amide bonds. The summed E-state index contributed by atoms with van der Waals surface area (Å²) in [7, 11) is 2.33. The van der Waals surface area contributed by atoms with E-state index in [4.69, 9.17) is 9.47 Å². The van der Waals surface area contributed by atoms with Crippen molar-refractivity contribution < 1.29 is 28.7 Å². The summed E-state index contributed by atoms with van der Waals surface area (Å²) in [5.41, 5.74) is 0.784. The maximum Gasteiger partial charge on any atom is 0.329 e. The fraction of sp³-hybridized carbons (Fsp3) is 0.238. The van der Waals surface area contributed by atoms with Gasteiger partial charge in [-0.1, -0.05) is 48.5 Å². The number of hydrogen-bond acceptors (Lipinski definition) is 6. The standard InChI is InChI=1S/C21H19NO6/c1-27-20(25)16-15(13-9-5-3-6-10-13)17(21(26)28-2)22(19(16)24)18(23)14-11-7-4-8-12-14/h3-12,15-17H,1-2H3/t15-,16-,17+/m1/s1. The van der Waals surface area contributed by atoms with E-state index in [1.165, 1.54) is 19.2 Å². The summed E-state index contributed by atoms with van der Waals surface area (Å²) in [6.07, 6.45) is 0. The third-order valence-corrected chi connectivity index (χ3v) is 4.80. The number of carbonyl (C=O) groups excluding carboxylic acids is 4. The Morgan fingerprint density at radius 1 is 0.821 bits per heavy atom. The van der Waals surface area contributed by atoms with Crippen molar-refractivity contribution in [2.75, 3.05) is 14.2 Å². The maximum absolute atomic E-state index is 13.1. The first-order valence-corrected chi connectivity index (χ1v) is 8.64. The Morgan fingerprint density at radius 2 is 1.36 bits per heavy atom. The molecule has 1 aliphatic rings. The van der Waals surface area contributed by atoms with E-state index < -0.39 is 41.6 Å². The summed E-state index contributed by atoms with van der Waals surface area (Å²) in [6, 6.07) is 15.4. The van der Waals surface area contributed by atoms with Crippen LogP contribution in [0.1, 0.15) is 21.8 Å². The summed E-state index contributed by atoms with van der Waals surface area (Å²) >= 11 is 0. The molecule has 0 saturated carbocycles. The van der Waals surface area contributed by atoms with Crippen molar-refractivity contribution in [3.8, 4) is 0 Å². The third kappa shape index (κ3) is 3.26. The number of imide groups is 1. The van der Waals surface area contributed by atoms with Gasteiger partial charge in [-0.25, -0.2) is 4.79 Å². The Morgan fingerprint density at radius 3 is 1.89 bits per heavy atom. The van der Waals surface area contributed by atoms with Crippen LogP contribution in [0.2, 0.25) is 0 Å². The van der Waals surface area contributed by atoms with E-state index in [0.717, 1.165) is 12.0 Å². The Labute approximate surface area is 161 Å². The number of rotatable bonds is 4. The minimum atomic E-state index is -1.33. The summed E-state index contributed by atoms with van der Waals surface area (Å²) in [6.45, 7) is 0. The van der Waals surface area contributed by atoms with Crippen molar-refractivity contribution in [2.45, 2.75) is 12.0 Å². The van der Waals surface area contributed by atoms with Crippen LogP contribution in [-0.4, -0.2) is 48.9 Å². The lowest BCUT2D eigenvalue weighted by atomic mass is 9.84. The van der Waals surface area contributed by atoms with Crippen LogP contribution < -0.4 is 0 Å². The molecule has 0 aromatic heterocycles. The molecule has 0 radical (unpaired) electrons. The number of carbonyl (C=O) groups is 4. The van der Waals surface area contributed by atoms with Crippen molar-refractivity contribution in [3.05, 3.63) is 71.8 Å². The number of methoxy groups -OCH3 is 2. The molecule has 2 aromatic rings. The number of benzene rings is 2. The van der Waals surface area contributed by atoms with Crippen molar-refractivity contribution in [1.29, 1.82) is 0 Å². The highest BCUT2D eigenvalue weighted by Gasteiger charge is 2.58. The van der Waals surface area contributed by atoms with E-state index in [1.807, 2.05) is 0 Å². The van der Waals surface area contributed by atoms with Crippen LogP contribution in [0.4, 0.5) is 0 Å². The van der Waals surface area contributed by atoms with Gasteiger partial charge in [-0.05, 0) is 17.7 Å². The van der Waals surface area contributed by atoms with Gasteiger partial charge in [0.2, 0.25) is 5.91 Å². The zero-order valence-electron chi connectivity index (χ0n) is 15.4. The van der Waals surface area contributed by atoms with E-state index in [-0.39, 0.29) is 5.56 Å². The fourth-order valence-electron chi connectivity index (χ4n) is 3.53. The van der Waals surface area contributed by atoms with E-state index in [1.54, 1.807) is 48.5 Å². The van der Waals surface area contributed by atoms with Gasteiger partial charge in [0.15, 0.2) is 0 Å². The second-order valence-corrected chi connectivity index (χ2v) is 6.28. The number of amides is 2. The number of esters is 2. The van der Waals surface area contributed by atoms with Gasteiger partial charge in [-0.2, -0.15) is 0 Å². The topological polar surface area (TPSA) is 90.0 Å². The first-order chi connectivity index (χ1) is 13.5. The molecule has 1 heterocycles. The molecule has 0 unspecified atom stereocenters. The number of nitrogens with zero attached hydrogens (tertiary/aromatic N) is 1. The van der Waals surface area contributed by atoms with Crippen LogP contribution in [0, 0.1) is 5.92 Å². The zero-order valence-corrected chi connectivity index (χ0v) is 15.4. The Kier molecular flexibility index (Phi) is 5.54. The van der Waals surface area contributed by atoms with Gasteiger partial charge in [-0.15, -0.1) is 0 Å². The second kappa shape index (κ2) is 8.04. The molecule has 28 heavy (non-hydrogen) atoms. The molecule has 7 heteroatoms. The molecule has 3 atom stereocenters. The molecule has 7 nitrogen and oxygen atoms in total. The molecule has 3 rings (SSSR count). The highest BCUT2D eigenvalue weighted by Crippen LogP contribution is 2.41. The van der Waals surface area contributed by atoms with Crippen LogP contribution in [0.25, 0.3) is 0 Å². The molecule has 1 saturated heterocycles. The first-order valence-electron chi connectivity index (χ1n) is 8.64. The predicted octanol–water partition coefficient (Wildman–Crippen LogP) is 1.78. The first kappa shape index (κ1) is 19.3. The van der Waals surface area contributed by atoms with Crippen LogP contribution in [0.15, 0.2) is 60.7 Å². The van der Waals surface area contributed by atoms with Crippen LogP contribution in [0.5, 0.6) is 0 Å². The molecular weight excluding hydrogens is 362 g/mol. The van der Waals surface area contributed by atoms with Gasteiger partial charge in [0, 0.05) is 11.5 Å². The van der Waals surface area contributed by atoms with Crippen molar-refractivity contribution in [2.24, 2.45) is 5.92 Å². The lowest BCUT2D eigenvalue weighted by molar-refractivity contribution is -0.151. The molecule has 0 spiro atoms. The molecule has 0 bridgehead atoms. The quantitative estimate of drug-likeness (QED) is 0.456. The van der Waals surface area contributed by atoms with Gasteiger partial charge >= 0.3 is 11.9 Å². The van der Waals surface area contributed by atoms with Crippen LogP contribution in [0.3, 0.4) is 0 Å². The highest BCUT2D eigenvalue weighted by molar-refractivity contribution is 6.15. The molecule has 144 valence electrons. The van der Waals surface area contributed by atoms with Crippen molar-refractivity contribution in [3.63, 3.8) is 0 Å². The summed E-state index contributed by atoms with van der Waals surface area (Å²) in [4.78, 5) is 52.1. The molecular formula is C21H19NO6. The van der Waals surface area contributed by atoms with Gasteiger partial charge < -0.3 is 9.47 Å². The monoisotopic (exact) mass is 381 g/mol. The number of likely N-dealkylation sites (tertiary alicyclic amines) is 1. The van der Waals surface area contributed by atoms with E-state index >= 15 is 0 Å². The van der Waals surface area contributed by atoms with Crippen molar-refractivity contribution in [1.82, 2.24) is 4.90 Å². The van der Waals surface area contributed by atoms with Crippen LogP contribution >= 0.6 is 0 Å². The Bertz CT molecular complexity index is 896. The summed E-state index contributed by atoms with van der Waals surface area (Å²) in [5, 5.41) is 0. The van der Waals surface area contributed by atoms with Gasteiger partial charge in [-0.3, -0.25) is 19.3 Å². The zero-order chi connectivity index (χ0) is 20.3. The highest BCUT2D eigenvalue weighted by atomic mass is 16.5. The SMILES string of the molecule is COC(=O)[C@H]1C(=O)N(C(=O)c2ccccc2)[C@H](C(=O)OC)[C@@H]1c1ccccc1. The van der Waals surface area contributed by atoms with E-state index in [0.29, 0.717) is 5.56 Å². The predicted molar refractivity (Wildman–Crippen MR) is 98.1 cm³/mol. The minimum absolute atomic E-state index is 0.224. The lowest BCUT2D eigenvalue weighted by Gasteiger charge is -2.25. The third-order valence-electron chi connectivity index (χ3n) is 4.80. The molecule has 1 fully saturated rings. The van der Waals surface area contributed by atoms with Gasteiger partial charge in [0.25, 0.3) is 5.91 Å². The van der Waals surface area contributed by atoms with Crippen molar-refractivity contribution >= 4 is 23.8 Å². The summed E-state index contributed by atoms with van der Waals surface area (Å²) < 4.78 is 9.68. The average Bonchev–Trinajstić information content (AvgIpc) is 3.06. The smallest absolute Gasteiger partial charge is 0.329 e. The van der Waals surface area contributed by atoms with E-state index in [9.17, 15) is 19.2 Å².